The van der Waals surface area contributed by atoms with Gasteiger partial charge in [0, 0.05) is 30.7 Å². The molecule has 22 heavy (non-hydrogen) atoms. The van der Waals surface area contributed by atoms with Crippen LogP contribution in [0.15, 0.2) is 30.5 Å². The molecule has 0 saturated carbocycles. The summed E-state index contributed by atoms with van der Waals surface area (Å²) >= 11 is 5.93. The van der Waals surface area contributed by atoms with E-state index in [-0.39, 0.29) is 28.5 Å². The number of amides is 1. The normalized spacial score (nSPS) is 10.5. The van der Waals surface area contributed by atoms with Crippen molar-refractivity contribution in [2.45, 2.75) is 6.54 Å². The summed E-state index contributed by atoms with van der Waals surface area (Å²) in [6.45, 7) is -0.0384. The lowest BCUT2D eigenvalue weighted by molar-refractivity contribution is -0.384. The molecule has 0 unspecified atom stereocenters. The first-order valence-corrected chi connectivity index (χ1v) is 6.68. The second kappa shape index (κ2) is 6.15. The number of hydrogen-bond acceptors (Lipinski definition) is 3. The molecule has 0 fully saturated rings. The minimum absolute atomic E-state index is 0.0384. The average Bonchev–Trinajstić information content (AvgIpc) is 2.84. The van der Waals surface area contributed by atoms with E-state index in [1.807, 2.05) is 0 Å². The van der Waals surface area contributed by atoms with Gasteiger partial charge >= 0.3 is 0 Å². The van der Waals surface area contributed by atoms with Crippen molar-refractivity contribution < 1.29 is 14.1 Å². The van der Waals surface area contributed by atoms with Crippen LogP contribution in [0.3, 0.4) is 0 Å². The van der Waals surface area contributed by atoms with Gasteiger partial charge in [-0.25, -0.2) is 4.39 Å². The number of nitrogens with zero attached hydrogens (tertiary/aromatic N) is 3. The van der Waals surface area contributed by atoms with E-state index in [2.05, 4.69) is 0 Å². The summed E-state index contributed by atoms with van der Waals surface area (Å²) in [7, 11) is 3.01. The van der Waals surface area contributed by atoms with Gasteiger partial charge in [0.2, 0.25) is 0 Å². The van der Waals surface area contributed by atoms with Crippen LogP contribution >= 0.6 is 11.6 Å². The number of aromatic nitrogens is 1. The summed E-state index contributed by atoms with van der Waals surface area (Å²) in [5.74, 6) is -0.972. The van der Waals surface area contributed by atoms with Crippen molar-refractivity contribution in [3.05, 3.63) is 62.7 Å². The minimum atomic E-state index is -0.579. The zero-order valence-electron chi connectivity index (χ0n) is 11.9. The Hall–Kier alpha value is -2.41. The van der Waals surface area contributed by atoms with Crippen LogP contribution in [0, 0.1) is 15.9 Å². The van der Waals surface area contributed by atoms with E-state index in [4.69, 9.17) is 11.6 Å². The molecule has 0 aliphatic carbocycles. The maximum Gasteiger partial charge on any atom is 0.287 e. The maximum atomic E-state index is 13.7. The lowest BCUT2D eigenvalue weighted by atomic mass is 10.2. The van der Waals surface area contributed by atoms with Crippen LogP contribution in [0.2, 0.25) is 5.02 Å². The molecule has 0 atom stereocenters. The Morgan fingerprint density at radius 3 is 2.73 bits per heavy atom. The minimum Gasteiger partial charge on any atom is -0.340 e. The van der Waals surface area contributed by atoms with Crippen molar-refractivity contribution in [3.8, 4) is 0 Å². The highest BCUT2D eigenvalue weighted by atomic mass is 35.5. The quantitative estimate of drug-likeness (QED) is 0.641. The summed E-state index contributed by atoms with van der Waals surface area (Å²) in [6, 6.07) is 5.45. The Kier molecular flexibility index (Phi) is 4.46. The van der Waals surface area contributed by atoms with E-state index < -0.39 is 16.6 Å². The molecule has 0 radical (unpaired) electrons. The van der Waals surface area contributed by atoms with Crippen molar-refractivity contribution in [1.29, 1.82) is 0 Å². The van der Waals surface area contributed by atoms with Gasteiger partial charge in [0.25, 0.3) is 11.6 Å². The molecule has 0 aliphatic rings. The third-order valence-corrected chi connectivity index (χ3v) is 3.58. The van der Waals surface area contributed by atoms with Crippen molar-refractivity contribution >= 4 is 23.2 Å². The second-order valence-corrected chi connectivity index (χ2v) is 5.22. The third-order valence-electron chi connectivity index (χ3n) is 3.22. The van der Waals surface area contributed by atoms with Gasteiger partial charge in [-0.3, -0.25) is 14.9 Å². The Balaban J connectivity index is 2.24. The summed E-state index contributed by atoms with van der Waals surface area (Å²) in [5, 5.41) is 11.0. The predicted octanol–water partition coefficient (Wildman–Crippen LogP) is 3.00. The van der Waals surface area contributed by atoms with Crippen LogP contribution in [-0.4, -0.2) is 27.3 Å². The molecule has 116 valence electrons. The number of carbonyl (C=O) groups is 1. The molecule has 0 N–H and O–H groups in total. The fraction of sp³-hybridized carbons (Fsp3) is 0.214. The Labute approximate surface area is 130 Å². The summed E-state index contributed by atoms with van der Waals surface area (Å²) in [6.07, 6.45) is 1.25. The van der Waals surface area contributed by atoms with Gasteiger partial charge in [-0.1, -0.05) is 17.7 Å². The van der Waals surface area contributed by atoms with E-state index in [0.717, 1.165) is 0 Å². The van der Waals surface area contributed by atoms with Crippen molar-refractivity contribution in [2.24, 2.45) is 7.05 Å². The highest BCUT2D eigenvalue weighted by molar-refractivity contribution is 6.31. The van der Waals surface area contributed by atoms with Gasteiger partial charge in [0.15, 0.2) is 0 Å². The molecule has 2 aromatic rings. The van der Waals surface area contributed by atoms with Gasteiger partial charge in [0.05, 0.1) is 17.7 Å². The number of benzene rings is 1. The third kappa shape index (κ3) is 3.09. The lowest BCUT2D eigenvalue weighted by Gasteiger charge is -2.18. The van der Waals surface area contributed by atoms with E-state index >= 15 is 0 Å². The fourth-order valence-corrected chi connectivity index (χ4v) is 2.27. The number of aryl methyl sites for hydroxylation is 1. The number of carbonyl (C=O) groups excluding carboxylic acids is 1. The SMILES string of the molecule is CN(Cc1c(F)cccc1Cl)C(=O)c1cc([N+](=O)[O-])cn1C. The molecule has 1 heterocycles. The van der Waals surface area contributed by atoms with Crippen LogP contribution in [0.25, 0.3) is 0 Å². The highest BCUT2D eigenvalue weighted by Crippen LogP contribution is 2.22. The van der Waals surface area contributed by atoms with Crippen molar-refractivity contribution in [1.82, 2.24) is 9.47 Å². The van der Waals surface area contributed by atoms with E-state index in [1.165, 1.54) is 54.0 Å². The molecule has 6 nitrogen and oxygen atoms in total. The Bertz CT molecular complexity index is 725. The number of hydrogen-bond donors (Lipinski definition) is 0. The lowest BCUT2D eigenvalue weighted by Crippen LogP contribution is -2.28. The molecular weight excluding hydrogens is 313 g/mol. The molecule has 0 aliphatic heterocycles. The van der Waals surface area contributed by atoms with Crippen LogP contribution in [0.1, 0.15) is 16.1 Å². The average molecular weight is 326 g/mol. The molecule has 0 bridgehead atoms. The van der Waals surface area contributed by atoms with Crippen LogP contribution in [0.4, 0.5) is 10.1 Å². The van der Waals surface area contributed by atoms with Crippen molar-refractivity contribution in [3.63, 3.8) is 0 Å². The maximum absolute atomic E-state index is 13.7. The van der Waals surface area contributed by atoms with Gasteiger partial charge in [-0.15, -0.1) is 0 Å². The van der Waals surface area contributed by atoms with E-state index in [1.54, 1.807) is 0 Å². The van der Waals surface area contributed by atoms with E-state index in [0.29, 0.717) is 0 Å². The number of rotatable bonds is 4. The number of halogens is 2. The van der Waals surface area contributed by atoms with Gasteiger partial charge < -0.3 is 9.47 Å². The first-order valence-electron chi connectivity index (χ1n) is 6.30. The topological polar surface area (TPSA) is 68.4 Å². The van der Waals surface area contributed by atoms with Gasteiger partial charge in [-0.05, 0) is 12.1 Å². The number of nitro groups is 1. The van der Waals surface area contributed by atoms with Crippen molar-refractivity contribution in [2.75, 3.05) is 7.05 Å². The van der Waals surface area contributed by atoms with Crippen LogP contribution in [-0.2, 0) is 13.6 Å². The van der Waals surface area contributed by atoms with Crippen LogP contribution in [0.5, 0.6) is 0 Å². The molecule has 0 spiro atoms. The molecule has 2 rings (SSSR count). The summed E-state index contributed by atoms with van der Waals surface area (Å²) < 4.78 is 15.1. The van der Waals surface area contributed by atoms with Crippen LogP contribution < -0.4 is 0 Å². The van der Waals surface area contributed by atoms with E-state index in [9.17, 15) is 19.3 Å². The molecular formula is C14H13ClFN3O3. The second-order valence-electron chi connectivity index (χ2n) is 4.81. The molecule has 1 aromatic carbocycles. The first-order chi connectivity index (χ1) is 10.3. The first kappa shape index (κ1) is 16.0. The molecule has 8 heteroatoms. The smallest absolute Gasteiger partial charge is 0.287 e. The predicted molar refractivity (Wildman–Crippen MR) is 79.3 cm³/mol. The van der Waals surface area contributed by atoms with Gasteiger partial charge in [0.1, 0.15) is 11.5 Å². The highest BCUT2D eigenvalue weighted by Gasteiger charge is 2.21. The summed E-state index contributed by atoms with van der Waals surface area (Å²) in [4.78, 5) is 23.8. The zero-order valence-corrected chi connectivity index (χ0v) is 12.7. The monoisotopic (exact) mass is 325 g/mol. The molecule has 1 amide bonds. The molecule has 1 aromatic heterocycles. The largest absolute Gasteiger partial charge is 0.340 e. The standard InChI is InChI=1S/C14H13ClFN3O3/c1-17-7-9(19(21)22)6-13(17)14(20)18(2)8-10-11(15)4-3-5-12(10)16/h3-7H,8H2,1-2H3. The summed E-state index contributed by atoms with van der Waals surface area (Å²) in [5.41, 5.74) is 0.161. The molecule has 0 saturated heterocycles. The fourth-order valence-electron chi connectivity index (χ4n) is 2.05. The zero-order chi connectivity index (χ0) is 16.4. The Morgan fingerprint density at radius 2 is 2.18 bits per heavy atom. The van der Waals surface area contributed by atoms with Gasteiger partial charge in [-0.2, -0.15) is 0 Å². The Morgan fingerprint density at radius 1 is 1.50 bits per heavy atom.